The van der Waals surface area contributed by atoms with Gasteiger partial charge in [-0.25, -0.2) is 12.8 Å². The molecule has 0 bridgehead atoms. The SMILES string of the molecule is CCN(CC)c1ccc(S(=O)(=O)N(CC)CC)cc1NC(=O)Cc1cccc(F)c1. The lowest BCUT2D eigenvalue weighted by atomic mass is 10.1. The van der Waals surface area contributed by atoms with Crippen molar-refractivity contribution in [3.63, 3.8) is 0 Å². The first-order valence-corrected chi connectivity index (χ1v) is 11.6. The summed E-state index contributed by atoms with van der Waals surface area (Å²) in [6.45, 7) is 9.66. The number of carbonyl (C=O) groups excluding carboxylic acids is 1. The summed E-state index contributed by atoms with van der Waals surface area (Å²) in [4.78, 5) is 14.8. The van der Waals surface area contributed by atoms with E-state index in [2.05, 4.69) is 5.32 Å². The van der Waals surface area contributed by atoms with Gasteiger partial charge in [0.1, 0.15) is 5.82 Å². The van der Waals surface area contributed by atoms with Crippen LogP contribution >= 0.6 is 0 Å². The molecule has 6 nitrogen and oxygen atoms in total. The molecule has 1 amide bonds. The maximum atomic E-state index is 13.4. The van der Waals surface area contributed by atoms with Crippen LogP contribution in [-0.4, -0.2) is 44.8 Å². The molecule has 0 aliphatic carbocycles. The average Bonchev–Trinajstić information content (AvgIpc) is 2.70. The zero-order chi connectivity index (χ0) is 22.3. The summed E-state index contributed by atoms with van der Waals surface area (Å²) >= 11 is 0. The second kappa shape index (κ2) is 10.5. The van der Waals surface area contributed by atoms with Crippen LogP contribution in [0.25, 0.3) is 0 Å². The first-order chi connectivity index (χ1) is 14.3. The third-order valence-electron chi connectivity index (χ3n) is 4.94. The van der Waals surface area contributed by atoms with Crippen LogP contribution in [0.1, 0.15) is 33.3 Å². The summed E-state index contributed by atoms with van der Waals surface area (Å²) in [5, 5.41) is 2.83. The molecule has 30 heavy (non-hydrogen) atoms. The maximum Gasteiger partial charge on any atom is 0.243 e. The topological polar surface area (TPSA) is 69.7 Å². The predicted molar refractivity (Wildman–Crippen MR) is 119 cm³/mol. The van der Waals surface area contributed by atoms with Crippen molar-refractivity contribution < 1.29 is 17.6 Å². The molecule has 0 fully saturated rings. The summed E-state index contributed by atoms with van der Waals surface area (Å²) in [5.74, 6) is -0.747. The second-order valence-electron chi connectivity index (χ2n) is 6.80. The molecule has 0 unspecified atom stereocenters. The van der Waals surface area contributed by atoms with Gasteiger partial charge in [0.25, 0.3) is 0 Å². The average molecular weight is 436 g/mol. The molecule has 0 spiro atoms. The Bertz CT molecular complexity index is 971. The minimum atomic E-state index is -3.67. The van der Waals surface area contributed by atoms with E-state index in [-0.39, 0.29) is 17.2 Å². The van der Waals surface area contributed by atoms with Crippen molar-refractivity contribution in [1.82, 2.24) is 4.31 Å². The summed E-state index contributed by atoms with van der Waals surface area (Å²) in [6, 6.07) is 10.7. The molecule has 1 N–H and O–H groups in total. The van der Waals surface area contributed by atoms with Gasteiger partial charge in [-0.1, -0.05) is 26.0 Å². The lowest BCUT2D eigenvalue weighted by Crippen LogP contribution is -2.31. The monoisotopic (exact) mass is 435 g/mol. The van der Waals surface area contributed by atoms with Crippen LogP contribution in [0.3, 0.4) is 0 Å². The number of rotatable bonds is 10. The summed E-state index contributed by atoms with van der Waals surface area (Å²) in [6.07, 6.45) is -0.0114. The number of anilines is 2. The van der Waals surface area contributed by atoms with E-state index in [1.165, 1.54) is 22.5 Å². The zero-order valence-electron chi connectivity index (χ0n) is 18.0. The Morgan fingerprint density at radius 1 is 0.967 bits per heavy atom. The summed E-state index contributed by atoms with van der Waals surface area (Å²) in [5.41, 5.74) is 1.71. The van der Waals surface area contributed by atoms with Crippen LogP contribution in [0, 0.1) is 5.82 Å². The van der Waals surface area contributed by atoms with Gasteiger partial charge in [-0.2, -0.15) is 4.31 Å². The van der Waals surface area contributed by atoms with Crippen molar-refractivity contribution in [2.75, 3.05) is 36.4 Å². The van der Waals surface area contributed by atoms with Gasteiger partial charge in [-0.3, -0.25) is 4.79 Å². The summed E-state index contributed by atoms with van der Waals surface area (Å²) < 4.78 is 40.7. The lowest BCUT2D eigenvalue weighted by molar-refractivity contribution is -0.115. The number of amides is 1. The van der Waals surface area contributed by atoms with E-state index in [1.54, 1.807) is 38.1 Å². The number of nitrogens with zero attached hydrogens (tertiary/aromatic N) is 2. The number of hydrogen-bond donors (Lipinski definition) is 1. The quantitative estimate of drug-likeness (QED) is 0.615. The number of nitrogens with one attached hydrogen (secondary N) is 1. The van der Waals surface area contributed by atoms with Crippen molar-refractivity contribution in [1.29, 1.82) is 0 Å². The molecule has 2 aromatic rings. The Morgan fingerprint density at radius 3 is 2.20 bits per heavy atom. The van der Waals surface area contributed by atoms with Gasteiger partial charge in [0.05, 0.1) is 22.7 Å². The Labute approximate surface area is 178 Å². The molecule has 164 valence electrons. The van der Waals surface area contributed by atoms with Gasteiger partial charge in [-0.15, -0.1) is 0 Å². The van der Waals surface area contributed by atoms with Crippen LogP contribution in [0.4, 0.5) is 15.8 Å². The molecule has 0 atom stereocenters. The molecule has 2 rings (SSSR count). The Balaban J connectivity index is 2.41. The van der Waals surface area contributed by atoms with Gasteiger partial charge in [0, 0.05) is 26.2 Å². The van der Waals surface area contributed by atoms with E-state index in [1.807, 2.05) is 18.7 Å². The van der Waals surface area contributed by atoms with E-state index in [9.17, 15) is 17.6 Å². The first kappa shape index (κ1) is 23.8. The highest BCUT2D eigenvalue weighted by Gasteiger charge is 2.24. The fourth-order valence-corrected chi connectivity index (χ4v) is 4.84. The van der Waals surface area contributed by atoms with Gasteiger partial charge in [-0.05, 0) is 49.7 Å². The molecule has 8 heteroatoms. The molecule has 0 heterocycles. The molecular weight excluding hydrogens is 405 g/mol. The van der Waals surface area contributed by atoms with Crippen molar-refractivity contribution in [3.8, 4) is 0 Å². The van der Waals surface area contributed by atoms with Gasteiger partial charge < -0.3 is 10.2 Å². The van der Waals surface area contributed by atoms with Crippen molar-refractivity contribution in [2.24, 2.45) is 0 Å². The fraction of sp³-hybridized carbons (Fsp3) is 0.409. The maximum absolute atomic E-state index is 13.4. The van der Waals surface area contributed by atoms with Crippen LogP contribution < -0.4 is 10.2 Å². The molecule has 2 aromatic carbocycles. The highest BCUT2D eigenvalue weighted by atomic mass is 32.2. The zero-order valence-corrected chi connectivity index (χ0v) is 18.8. The summed E-state index contributed by atoms with van der Waals surface area (Å²) in [7, 11) is -3.67. The van der Waals surface area contributed by atoms with Gasteiger partial charge in [0.2, 0.25) is 15.9 Å². The van der Waals surface area contributed by atoms with Crippen LogP contribution in [0.5, 0.6) is 0 Å². The molecule has 0 radical (unpaired) electrons. The minimum absolute atomic E-state index is 0.0114. The predicted octanol–water partition coefficient (Wildman–Crippen LogP) is 3.88. The van der Waals surface area contributed by atoms with E-state index in [4.69, 9.17) is 0 Å². The van der Waals surface area contributed by atoms with Crippen LogP contribution in [0.2, 0.25) is 0 Å². The Morgan fingerprint density at radius 2 is 1.63 bits per heavy atom. The van der Waals surface area contributed by atoms with E-state index in [0.717, 1.165) is 5.69 Å². The lowest BCUT2D eigenvalue weighted by Gasteiger charge is -2.26. The Kier molecular flexibility index (Phi) is 8.37. The highest BCUT2D eigenvalue weighted by molar-refractivity contribution is 7.89. The van der Waals surface area contributed by atoms with Crippen molar-refractivity contribution in [3.05, 3.63) is 53.8 Å². The minimum Gasteiger partial charge on any atom is -0.370 e. The standard InChI is InChI=1S/C22H30FN3O3S/c1-5-25(6-2)21-13-12-19(30(28,29)26(7-3)8-4)16-20(21)24-22(27)15-17-10-9-11-18(23)14-17/h9-14,16H,5-8,15H2,1-4H3,(H,24,27). The smallest absolute Gasteiger partial charge is 0.243 e. The fourth-order valence-electron chi connectivity index (χ4n) is 3.36. The molecule has 0 aliphatic heterocycles. The molecule has 0 aliphatic rings. The van der Waals surface area contributed by atoms with Crippen LogP contribution in [-0.2, 0) is 21.2 Å². The number of halogens is 1. The van der Waals surface area contributed by atoms with E-state index in [0.29, 0.717) is 37.4 Å². The van der Waals surface area contributed by atoms with Crippen LogP contribution in [0.15, 0.2) is 47.4 Å². The number of carbonyl (C=O) groups is 1. The third-order valence-corrected chi connectivity index (χ3v) is 6.99. The largest absolute Gasteiger partial charge is 0.370 e. The number of sulfonamides is 1. The first-order valence-electron chi connectivity index (χ1n) is 10.2. The normalized spacial score (nSPS) is 11.5. The number of hydrogen-bond acceptors (Lipinski definition) is 4. The highest BCUT2D eigenvalue weighted by Crippen LogP contribution is 2.30. The Hall–Kier alpha value is -2.45. The number of benzene rings is 2. The van der Waals surface area contributed by atoms with Gasteiger partial charge in [0.15, 0.2) is 0 Å². The third kappa shape index (κ3) is 5.58. The van der Waals surface area contributed by atoms with Crippen molar-refractivity contribution in [2.45, 2.75) is 39.0 Å². The molecule has 0 saturated heterocycles. The van der Waals surface area contributed by atoms with Crippen molar-refractivity contribution >= 4 is 27.3 Å². The molecular formula is C22H30FN3O3S. The van der Waals surface area contributed by atoms with Gasteiger partial charge >= 0.3 is 0 Å². The molecule has 0 aromatic heterocycles. The second-order valence-corrected chi connectivity index (χ2v) is 8.73. The van der Waals surface area contributed by atoms with E-state index >= 15 is 0 Å². The van der Waals surface area contributed by atoms with E-state index < -0.39 is 15.8 Å². The molecule has 0 saturated carbocycles.